The van der Waals surface area contributed by atoms with Crippen LogP contribution >= 0.6 is 11.8 Å². The Balaban J connectivity index is 2.07. The molecule has 0 bridgehead atoms. The van der Waals surface area contributed by atoms with Crippen molar-refractivity contribution in [3.05, 3.63) is 42.1 Å². The van der Waals surface area contributed by atoms with E-state index in [1.54, 1.807) is 18.9 Å². The summed E-state index contributed by atoms with van der Waals surface area (Å²) in [5, 5.41) is 0. The summed E-state index contributed by atoms with van der Waals surface area (Å²) in [5.41, 5.74) is 7.69. The lowest BCUT2D eigenvalue weighted by atomic mass is 10.3. The Bertz CT molecular complexity index is 576. The molecule has 2 N–H and O–H groups in total. The number of aromatic nitrogens is 1. The second-order valence-corrected chi connectivity index (χ2v) is 5.11. The number of nitrogens with two attached hydrogens (primary N) is 1. The zero-order valence-electron chi connectivity index (χ0n) is 11.6. The molecule has 20 heavy (non-hydrogen) atoms. The Morgan fingerprint density at radius 1 is 1.25 bits per heavy atom. The molecule has 0 aliphatic carbocycles. The minimum Gasteiger partial charge on any atom is -0.494 e. The van der Waals surface area contributed by atoms with Gasteiger partial charge in [0.15, 0.2) is 0 Å². The van der Waals surface area contributed by atoms with Gasteiger partial charge in [0.25, 0.3) is 0 Å². The second kappa shape index (κ2) is 7.05. The largest absolute Gasteiger partial charge is 0.494 e. The molecule has 1 aromatic carbocycles. The molecular weight excluding hydrogens is 272 g/mol. The summed E-state index contributed by atoms with van der Waals surface area (Å²) in [5.74, 6) is 2.19. The number of benzene rings is 1. The van der Waals surface area contributed by atoms with E-state index < -0.39 is 0 Å². The first-order valence-electron chi connectivity index (χ1n) is 6.38. The standard InChI is InChI=1S/C15H18N2O2S/c1-3-19-12-7-8-13(16)14(9-12)20-10-11-5-4-6-15(17-11)18-2/h4-9H,3,10,16H2,1-2H3. The van der Waals surface area contributed by atoms with Crippen molar-refractivity contribution in [2.75, 3.05) is 19.5 Å². The first kappa shape index (κ1) is 14.5. The fraction of sp³-hybridized carbons (Fsp3) is 0.267. The maximum absolute atomic E-state index is 5.98. The lowest BCUT2D eigenvalue weighted by Crippen LogP contribution is -1.95. The lowest BCUT2D eigenvalue weighted by Gasteiger charge is -2.09. The van der Waals surface area contributed by atoms with Crippen LogP contribution in [0.15, 0.2) is 41.3 Å². The molecule has 0 saturated carbocycles. The molecule has 1 aromatic heterocycles. The van der Waals surface area contributed by atoms with Crippen molar-refractivity contribution in [3.63, 3.8) is 0 Å². The summed E-state index contributed by atoms with van der Waals surface area (Å²) in [4.78, 5) is 5.38. The molecule has 0 atom stereocenters. The molecule has 1 heterocycles. The van der Waals surface area contributed by atoms with Crippen LogP contribution < -0.4 is 15.2 Å². The summed E-state index contributed by atoms with van der Waals surface area (Å²) in [6, 6.07) is 11.4. The van der Waals surface area contributed by atoms with Crippen molar-refractivity contribution in [3.8, 4) is 11.6 Å². The Morgan fingerprint density at radius 2 is 2.10 bits per heavy atom. The highest BCUT2D eigenvalue weighted by Gasteiger charge is 2.05. The van der Waals surface area contributed by atoms with Gasteiger partial charge >= 0.3 is 0 Å². The van der Waals surface area contributed by atoms with E-state index in [-0.39, 0.29) is 0 Å². The molecule has 4 nitrogen and oxygen atoms in total. The molecule has 0 unspecified atom stereocenters. The fourth-order valence-corrected chi connectivity index (χ4v) is 2.60. The maximum Gasteiger partial charge on any atom is 0.213 e. The fourth-order valence-electron chi connectivity index (χ4n) is 1.70. The highest BCUT2D eigenvalue weighted by atomic mass is 32.2. The molecule has 2 aromatic rings. The van der Waals surface area contributed by atoms with Crippen LogP contribution in [-0.2, 0) is 5.75 Å². The maximum atomic E-state index is 5.98. The van der Waals surface area contributed by atoms with Crippen LogP contribution in [0.4, 0.5) is 5.69 Å². The molecule has 0 fully saturated rings. The van der Waals surface area contributed by atoms with Gasteiger partial charge in [-0.05, 0) is 31.2 Å². The van der Waals surface area contributed by atoms with Gasteiger partial charge in [-0.3, -0.25) is 0 Å². The summed E-state index contributed by atoms with van der Waals surface area (Å²) in [6.07, 6.45) is 0. The number of hydrogen-bond donors (Lipinski definition) is 1. The average Bonchev–Trinajstić information content (AvgIpc) is 2.48. The normalized spacial score (nSPS) is 10.3. The van der Waals surface area contributed by atoms with Crippen LogP contribution in [0.1, 0.15) is 12.6 Å². The van der Waals surface area contributed by atoms with Crippen molar-refractivity contribution in [1.29, 1.82) is 0 Å². The summed E-state index contributed by atoms with van der Waals surface area (Å²) >= 11 is 1.64. The van der Waals surface area contributed by atoms with E-state index in [4.69, 9.17) is 15.2 Å². The first-order valence-corrected chi connectivity index (χ1v) is 7.36. The molecule has 5 heteroatoms. The van der Waals surface area contributed by atoms with E-state index in [1.807, 2.05) is 43.3 Å². The summed E-state index contributed by atoms with van der Waals surface area (Å²) in [7, 11) is 1.61. The van der Waals surface area contributed by atoms with Gasteiger partial charge in [0.05, 0.1) is 19.4 Å². The number of anilines is 1. The first-order chi connectivity index (χ1) is 9.72. The molecule has 2 rings (SSSR count). The van der Waals surface area contributed by atoms with Crippen LogP contribution in [0.2, 0.25) is 0 Å². The quantitative estimate of drug-likeness (QED) is 0.653. The Hall–Kier alpha value is -1.88. The van der Waals surface area contributed by atoms with Gasteiger partial charge in [-0.1, -0.05) is 6.07 Å². The third-order valence-corrected chi connectivity index (χ3v) is 3.77. The van der Waals surface area contributed by atoms with E-state index in [9.17, 15) is 0 Å². The molecular formula is C15H18N2O2S. The summed E-state index contributed by atoms with van der Waals surface area (Å²) < 4.78 is 10.6. The van der Waals surface area contributed by atoms with Crippen molar-refractivity contribution < 1.29 is 9.47 Å². The third-order valence-electron chi connectivity index (χ3n) is 2.66. The highest BCUT2D eigenvalue weighted by molar-refractivity contribution is 7.98. The third kappa shape index (κ3) is 3.81. The van der Waals surface area contributed by atoms with Gasteiger partial charge in [0.1, 0.15) is 5.75 Å². The van der Waals surface area contributed by atoms with E-state index in [0.29, 0.717) is 12.5 Å². The minimum atomic E-state index is 0.624. The topological polar surface area (TPSA) is 57.4 Å². The van der Waals surface area contributed by atoms with Crippen molar-refractivity contribution in [2.24, 2.45) is 0 Å². The van der Waals surface area contributed by atoms with Crippen molar-refractivity contribution in [2.45, 2.75) is 17.6 Å². The van der Waals surface area contributed by atoms with E-state index in [2.05, 4.69) is 4.98 Å². The number of nitrogen functional groups attached to an aromatic ring is 1. The van der Waals surface area contributed by atoms with Gasteiger partial charge in [-0.25, -0.2) is 4.98 Å². The van der Waals surface area contributed by atoms with E-state index >= 15 is 0 Å². The molecule has 0 aliphatic heterocycles. The zero-order chi connectivity index (χ0) is 14.4. The Kier molecular flexibility index (Phi) is 5.12. The van der Waals surface area contributed by atoms with Gasteiger partial charge < -0.3 is 15.2 Å². The molecule has 0 aliphatic rings. The second-order valence-electron chi connectivity index (χ2n) is 4.09. The Labute approximate surface area is 123 Å². The van der Waals surface area contributed by atoms with Gasteiger partial charge in [0.2, 0.25) is 5.88 Å². The Morgan fingerprint density at radius 3 is 2.85 bits per heavy atom. The van der Waals surface area contributed by atoms with Crippen LogP contribution in [0.25, 0.3) is 0 Å². The van der Waals surface area contributed by atoms with Crippen LogP contribution in [0.5, 0.6) is 11.6 Å². The van der Waals surface area contributed by atoms with Crippen molar-refractivity contribution in [1.82, 2.24) is 4.98 Å². The van der Waals surface area contributed by atoms with Gasteiger partial charge in [-0.2, -0.15) is 0 Å². The van der Waals surface area contributed by atoms with E-state index in [0.717, 1.165) is 27.8 Å². The summed E-state index contributed by atoms with van der Waals surface area (Å²) in [6.45, 7) is 2.61. The van der Waals surface area contributed by atoms with Gasteiger partial charge in [0, 0.05) is 22.4 Å². The number of nitrogens with zero attached hydrogens (tertiary/aromatic N) is 1. The lowest BCUT2D eigenvalue weighted by molar-refractivity contribution is 0.339. The molecule has 0 amide bonds. The number of ether oxygens (including phenoxy) is 2. The number of hydrogen-bond acceptors (Lipinski definition) is 5. The highest BCUT2D eigenvalue weighted by Crippen LogP contribution is 2.31. The minimum absolute atomic E-state index is 0.624. The zero-order valence-corrected chi connectivity index (χ0v) is 12.4. The molecule has 0 radical (unpaired) electrons. The van der Waals surface area contributed by atoms with E-state index in [1.165, 1.54) is 0 Å². The number of pyridine rings is 1. The van der Waals surface area contributed by atoms with Crippen LogP contribution in [-0.4, -0.2) is 18.7 Å². The smallest absolute Gasteiger partial charge is 0.213 e. The molecule has 106 valence electrons. The molecule has 0 spiro atoms. The molecule has 0 saturated heterocycles. The van der Waals surface area contributed by atoms with Gasteiger partial charge in [-0.15, -0.1) is 11.8 Å². The van der Waals surface area contributed by atoms with Crippen LogP contribution in [0, 0.1) is 0 Å². The average molecular weight is 290 g/mol. The number of methoxy groups -OCH3 is 1. The number of rotatable bonds is 6. The van der Waals surface area contributed by atoms with Crippen LogP contribution in [0.3, 0.4) is 0 Å². The SMILES string of the molecule is CCOc1ccc(N)c(SCc2cccc(OC)n2)c1. The predicted molar refractivity (Wildman–Crippen MR) is 82.4 cm³/mol. The monoisotopic (exact) mass is 290 g/mol. The predicted octanol–water partition coefficient (Wildman–Crippen LogP) is 3.36. The number of thioether (sulfide) groups is 1. The van der Waals surface area contributed by atoms with Crippen molar-refractivity contribution >= 4 is 17.4 Å².